The van der Waals surface area contributed by atoms with Crippen molar-refractivity contribution in [1.29, 1.82) is 0 Å². The van der Waals surface area contributed by atoms with Crippen LogP contribution in [0.25, 0.3) is 16.9 Å². The second-order valence-electron chi connectivity index (χ2n) is 4.99. The third-order valence-corrected chi connectivity index (χ3v) is 3.36. The van der Waals surface area contributed by atoms with Crippen molar-refractivity contribution in [2.24, 2.45) is 0 Å². The smallest absolute Gasteiger partial charge is 0.221 e. The van der Waals surface area contributed by atoms with Crippen molar-refractivity contribution < 1.29 is 4.79 Å². The molecule has 0 aliphatic heterocycles. The molecule has 2 aromatic heterocycles. The number of nitrogens with two attached hydrogens (primary N) is 1. The van der Waals surface area contributed by atoms with Crippen LogP contribution in [0.1, 0.15) is 12.5 Å². The van der Waals surface area contributed by atoms with Crippen LogP contribution in [0.5, 0.6) is 0 Å². The monoisotopic (exact) mass is 280 g/mol. The predicted molar refractivity (Wildman–Crippen MR) is 84.1 cm³/mol. The van der Waals surface area contributed by atoms with Gasteiger partial charge in [-0.3, -0.25) is 9.20 Å². The average Bonchev–Trinajstić information content (AvgIpc) is 2.78. The maximum Gasteiger partial charge on any atom is 0.221 e. The summed E-state index contributed by atoms with van der Waals surface area (Å²) < 4.78 is 1.88. The SMILES string of the molecule is CC(=O)Nc1ccc(-c2nc3c(C)cccn3c2N)cc1. The van der Waals surface area contributed by atoms with E-state index in [4.69, 9.17) is 5.73 Å². The zero-order valence-electron chi connectivity index (χ0n) is 11.9. The van der Waals surface area contributed by atoms with Gasteiger partial charge in [-0.25, -0.2) is 4.98 Å². The van der Waals surface area contributed by atoms with Gasteiger partial charge in [0.25, 0.3) is 0 Å². The van der Waals surface area contributed by atoms with Crippen LogP contribution in [0.3, 0.4) is 0 Å². The van der Waals surface area contributed by atoms with Crippen molar-refractivity contribution in [2.75, 3.05) is 11.1 Å². The quantitative estimate of drug-likeness (QED) is 0.758. The zero-order valence-corrected chi connectivity index (χ0v) is 11.9. The van der Waals surface area contributed by atoms with Crippen LogP contribution in [-0.2, 0) is 4.79 Å². The number of fused-ring (bicyclic) bond motifs is 1. The van der Waals surface area contributed by atoms with E-state index in [1.807, 2.05) is 53.9 Å². The molecule has 0 fully saturated rings. The minimum absolute atomic E-state index is 0.0920. The number of nitrogens with one attached hydrogen (secondary N) is 1. The van der Waals surface area contributed by atoms with Gasteiger partial charge in [-0.1, -0.05) is 18.2 Å². The fourth-order valence-electron chi connectivity index (χ4n) is 2.35. The molecule has 3 aromatic rings. The standard InChI is InChI=1S/C16H16N4O/c1-10-4-3-9-20-15(17)14(19-16(10)20)12-5-7-13(8-6-12)18-11(2)21/h3-9H,17H2,1-2H3,(H,18,21). The molecule has 0 aliphatic carbocycles. The first-order chi connectivity index (χ1) is 10.1. The lowest BCUT2D eigenvalue weighted by Crippen LogP contribution is -2.05. The minimum atomic E-state index is -0.0920. The Morgan fingerprint density at radius 1 is 1.24 bits per heavy atom. The van der Waals surface area contributed by atoms with Gasteiger partial charge in [0.2, 0.25) is 5.91 Å². The van der Waals surface area contributed by atoms with Gasteiger partial charge in [-0.05, 0) is 30.7 Å². The predicted octanol–water partition coefficient (Wildman–Crippen LogP) is 2.85. The maximum absolute atomic E-state index is 11.0. The number of imidazole rings is 1. The summed E-state index contributed by atoms with van der Waals surface area (Å²) in [4.78, 5) is 15.7. The molecule has 5 heteroatoms. The Bertz CT molecular complexity index is 818. The highest BCUT2D eigenvalue weighted by Gasteiger charge is 2.12. The molecule has 2 heterocycles. The van der Waals surface area contributed by atoms with E-state index >= 15 is 0 Å². The lowest BCUT2D eigenvalue weighted by atomic mass is 10.1. The van der Waals surface area contributed by atoms with E-state index in [-0.39, 0.29) is 5.91 Å². The topological polar surface area (TPSA) is 72.4 Å². The third kappa shape index (κ3) is 2.33. The molecule has 106 valence electrons. The van der Waals surface area contributed by atoms with E-state index in [0.717, 1.165) is 28.2 Å². The molecule has 3 rings (SSSR count). The Morgan fingerprint density at radius 2 is 1.95 bits per heavy atom. The maximum atomic E-state index is 11.0. The van der Waals surface area contributed by atoms with Gasteiger partial charge in [0, 0.05) is 24.4 Å². The molecule has 21 heavy (non-hydrogen) atoms. The largest absolute Gasteiger partial charge is 0.383 e. The van der Waals surface area contributed by atoms with Crippen LogP contribution < -0.4 is 11.1 Å². The van der Waals surface area contributed by atoms with Crippen LogP contribution in [0, 0.1) is 6.92 Å². The first kappa shape index (κ1) is 13.2. The summed E-state index contributed by atoms with van der Waals surface area (Å²) in [5, 5.41) is 2.74. The molecule has 1 aromatic carbocycles. The number of benzene rings is 1. The molecule has 0 saturated heterocycles. The van der Waals surface area contributed by atoms with Gasteiger partial charge in [0.05, 0.1) is 0 Å². The lowest BCUT2D eigenvalue weighted by molar-refractivity contribution is -0.114. The first-order valence-corrected chi connectivity index (χ1v) is 6.67. The van der Waals surface area contributed by atoms with Gasteiger partial charge in [-0.15, -0.1) is 0 Å². The van der Waals surface area contributed by atoms with Gasteiger partial charge in [0.15, 0.2) is 0 Å². The van der Waals surface area contributed by atoms with Crippen molar-refractivity contribution in [3.8, 4) is 11.3 Å². The van der Waals surface area contributed by atoms with Crippen LogP contribution >= 0.6 is 0 Å². The zero-order chi connectivity index (χ0) is 15.0. The second-order valence-corrected chi connectivity index (χ2v) is 4.99. The Balaban J connectivity index is 2.06. The van der Waals surface area contributed by atoms with Crippen LogP contribution in [-0.4, -0.2) is 15.3 Å². The van der Waals surface area contributed by atoms with Crippen LogP contribution in [0.4, 0.5) is 11.5 Å². The van der Waals surface area contributed by atoms with E-state index in [9.17, 15) is 4.79 Å². The summed E-state index contributed by atoms with van der Waals surface area (Å²) in [6.07, 6.45) is 1.90. The number of amides is 1. The Morgan fingerprint density at radius 3 is 2.57 bits per heavy atom. The average molecular weight is 280 g/mol. The number of hydrogen-bond acceptors (Lipinski definition) is 3. The van der Waals surface area contributed by atoms with Gasteiger partial charge < -0.3 is 11.1 Å². The second kappa shape index (κ2) is 4.94. The van der Waals surface area contributed by atoms with E-state index in [1.165, 1.54) is 6.92 Å². The number of nitrogens with zero attached hydrogens (tertiary/aromatic N) is 2. The number of nitrogen functional groups attached to an aromatic ring is 1. The van der Waals surface area contributed by atoms with E-state index in [2.05, 4.69) is 10.3 Å². The number of carbonyl (C=O) groups is 1. The summed E-state index contributed by atoms with van der Waals surface area (Å²) in [6.45, 7) is 3.49. The number of hydrogen-bond donors (Lipinski definition) is 2. The fraction of sp³-hybridized carbons (Fsp3) is 0.125. The summed E-state index contributed by atoms with van der Waals surface area (Å²) >= 11 is 0. The van der Waals surface area contributed by atoms with E-state index in [0.29, 0.717) is 5.82 Å². The first-order valence-electron chi connectivity index (χ1n) is 6.67. The van der Waals surface area contributed by atoms with Crippen molar-refractivity contribution >= 4 is 23.1 Å². The minimum Gasteiger partial charge on any atom is -0.383 e. The van der Waals surface area contributed by atoms with E-state index < -0.39 is 0 Å². The summed E-state index contributed by atoms with van der Waals surface area (Å²) in [7, 11) is 0. The molecule has 3 N–H and O–H groups in total. The molecule has 0 atom stereocenters. The van der Waals surface area contributed by atoms with Gasteiger partial charge in [0.1, 0.15) is 17.2 Å². The van der Waals surface area contributed by atoms with Crippen LogP contribution in [0.2, 0.25) is 0 Å². The molecule has 0 saturated carbocycles. The normalized spacial score (nSPS) is 10.8. The van der Waals surface area contributed by atoms with Crippen molar-refractivity contribution in [2.45, 2.75) is 13.8 Å². The lowest BCUT2D eigenvalue weighted by Gasteiger charge is -2.03. The molecule has 0 spiro atoms. The highest BCUT2D eigenvalue weighted by atomic mass is 16.1. The summed E-state index contributed by atoms with van der Waals surface area (Å²) in [5.74, 6) is 0.520. The number of carbonyl (C=O) groups excluding carboxylic acids is 1. The third-order valence-electron chi connectivity index (χ3n) is 3.36. The highest BCUT2D eigenvalue weighted by molar-refractivity contribution is 5.89. The number of pyridine rings is 1. The number of aryl methyl sites for hydroxylation is 1. The summed E-state index contributed by atoms with van der Waals surface area (Å²) in [6, 6.07) is 11.4. The van der Waals surface area contributed by atoms with E-state index in [1.54, 1.807) is 0 Å². The Hall–Kier alpha value is -2.82. The highest BCUT2D eigenvalue weighted by Crippen LogP contribution is 2.28. The molecule has 5 nitrogen and oxygen atoms in total. The van der Waals surface area contributed by atoms with Gasteiger partial charge >= 0.3 is 0 Å². The number of anilines is 2. The van der Waals surface area contributed by atoms with Crippen molar-refractivity contribution in [3.63, 3.8) is 0 Å². The molecule has 0 aliphatic rings. The molecular formula is C16H16N4O. The Kier molecular flexibility index (Phi) is 3.10. The fourth-order valence-corrected chi connectivity index (χ4v) is 2.35. The molecular weight excluding hydrogens is 264 g/mol. The molecule has 0 bridgehead atoms. The van der Waals surface area contributed by atoms with Gasteiger partial charge in [-0.2, -0.15) is 0 Å². The molecule has 0 radical (unpaired) electrons. The molecule has 1 amide bonds. The molecule has 0 unspecified atom stereocenters. The number of rotatable bonds is 2. The summed E-state index contributed by atoms with van der Waals surface area (Å²) in [5.41, 5.74) is 10.5. The van der Waals surface area contributed by atoms with Crippen molar-refractivity contribution in [3.05, 3.63) is 48.2 Å². The Labute approximate surface area is 122 Å². The number of aromatic nitrogens is 2. The van der Waals surface area contributed by atoms with Crippen molar-refractivity contribution in [1.82, 2.24) is 9.38 Å². The van der Waals surface area contributed by atoms with Crippen LogP contribution in [0.15, 0.2) is 42.6 Å².